The summed E-state index contributed by atoms with van der Waals surface area (Å²) in [4.78, 5) is 3.92. The molecule has 0 N–H and O–H groups in total. The van der Waals surface area contributed by atoms with Gasteiger partial charge in [-0.2, -0.15) is 18.3 Å². The van der Waals surface area contributed by atoms with Crippen molar-refractivity contribution in [3.63, 3.8) is 0 Å². The first-order valence-electron chi connectivity index (χ1n) is 7.44. The molecule has 0 aliphatic carbocycles. The van der Waals surface area contributed by atoms with Crippen molar-refractivity contribution >= 4 is 9.84 Å². The van der Waals surface area contributed by atoms with Crippen molar-refractivity contribution in [2.45, 2.75) is 11.1 Å². The average molecular weight is 381 g/mol. The van der Waals surface area contributed by atoms with Gasteiger partial charge in [-0.25, -0.2) is 8.42 Å². The highest BCUT2D eigenvalue weighted by molar-refractivity contribution is 7.90. The number of benzene rings is 1. The Kier molecular flexibility index (Phi) is 4.35. The zero-order valence-electron chi connectivity index (χ0n) is 13.8. The third-order valence-corrected chi connectivity index (χ3v) is 4.97. The number of alkyl halides is 3. The van der Waals surface area contributed by atoms with Crippen LogP contribution < -0.4 is 0 Å². The predicted molar refractivity (Wildman–Crippen MR) is 90.0 cm³/mol. The van der Waals surface area contributed by atoms with Gasteiger partial charge < -0.3 is 0 Å². The Morgan fingerprint density at radius 2 is 1.54 bits per heavy atom. The molecule has 5 nitrogen and oxygen atoms in total. The Balaban J connectivity index is 2.26. The molecule has 3 aromatic rings. The Morgan fingerprint density at radius 3 is 2.04 bits per heavy atom. The van der Waals surface area contributed by atoms with E-state index in [1.54, 1.807) is 0 Å². The maximum Gasteiger partial charge on any atom is 0.433 e. The van der Waals surface area contributed by atoms with Gasteiger partial charge in [-0.15, -0.1) is 0 Å². The standard InChI is InChI=1S/C17H14F3N3O2S/c1-23-16(17(18,19)20)14(11-7-9-21-10-8-11)15(22-23)12-3-5-13(6-4-12)26(2,24)25/h3-10H,1-2H3. The molecule has 0 bridgehead atoms. The first-order chi connectivity index (χ1) is 12.1. The van der Waals surface area contributed by atoms with E-state index in [0.29, 0.717) is 11.1 Å². The smallest absolute Gasteiger partial charge is 0.265 e. The summed E-state index contributed by atoms with van der Waals surface area (Å²) in [6, 6.07) is 8.54. The van der Waals surface area contributed by atoms with Gasteiger partial charge in [0.25, 0.3) is 0 Å². The highest BCUT2D eigenvalue weighted by atomic mass is 32.2. The molecule has 0 radical (unpaired) electrons. The average Bonchev–Trinajstić information content (AvgIpc) is 2.92. The van der Waals surface area contributed by atoms with Crippen LogP contribution in [0.4, 0.5) is 13.2 Å². The lowest BCUT2D eigenvalue weighted by molar-refractivity contribution is -0.143. The molecule has 2 heterocycles. The third-order valence-electron chi connectivity index (χ3n) is 3.84. The van der Waals surface area contributed by atoms with Crippen LogP contribution in [0.15, 0.2) is 53.7 Å². The summed E-state index contributed by atoms with van der Waals surface area (Å²) in [5, 5.41) is 4.04. The molecular formula is C17H14F3N3O2S. The molecule has 9 heteroatoms. The Bertz CT molecular complexity index is 1040. The van der Waals surface area contributed by atoms with Gasteiger partial charge in [0.2, 0.25) is 0 Å². The lowest BCUT2D eigenvalue weighted by Gasteiger charge is -2.11. The molecule has 136 valence electrons. The maximum atomic E-state index is 13.6. The maximum absolute atomic E-state index is 13.6. The van der Waals surface area contributed by atoms with E-state index in [0.717, 1.165) is 10.9 Å². The summed E-state index contributed by atoms with van der Waals surface area (Å²) in [6.45, 7) is 0. The minimum atomic E-state index is -4.61. The molecular weight excluding hydrogens is 367 g/mol. The van der Waals surface area contributed by atoms with E-state index in [-0.39, 0.29) is 16.2 Å². The quantitative estimate of drug-likeness (QED) is 0.696. The summed E-state index contributed by atoms with van der Waals surface area (Å²) in [6.07, 6.45) is -0.740. The van der Waals surface area contributed by atoms with Gasteiger partial charge in [-0.1, -0.05) is 12.1 Å². The van der Waals surface area contributed by atoms with Crippen LogP contribution >= 0.6 is 0 Å². The third kappa shape index (κ3) is 3.34. The van der Waals surface area contributed by atoms with Crippen LogP contribution in [-0.2, 0) is 23.1 Å². The number of hydrogen-bond donors (Lipinski definition) is 0. The molecule has 0 aliphatic rings. The van der Waals surface area contributed by atoms with Gasteiger partial charge in [0.1, 0.15) is 5.69 Å². The number of hydrogen-bond acceptors (Lipinski definition) is 4. The van der Waals surface area contributed by atoms with E-state index in [1.165, 1.54) is 55.8 Å². The lowest BCUT2D eigenvalue weighted by atomic mass is 9.99. The summed E-state index contributed by atoms with van der Waals surface area (Å²) in [7, 11) is -2.18. The summed E-state index contributed by atoms with van der Waals surface area (Å²) in [5.41, 5.74) is -0.135. The zero-order chi connectivity index (χ0) is 19.1. The molecule has 0 amide bonds. The molecule has 0 aliphatic heterocycles. The van der Waals surface area contributed by atoms with Crippen LogP contribution in [0.1, 0.15) is 5.69 Å². The van der Waals surface area contributed by atoms with Gasteiger partial charge >= 0.3 is 6.18 Å². The molecule has 26 heavy (non-hydrogen) atoms. The SMILES string of the molecule is Cn1nc(-c2ccc(S(C)(=O)=O)cc2)c(-c2ccncc2)c1C(F)(F)F. The molecule has 0 fully saturated rings. The molecule has 0 spiro atoms. The summed E-state index contributed by atoms with van der Waals surface area (Å²) >= 11 is 0. The van der Waals surface area contributed by atoms with E-state index in [9.17, 15) is 21.6 Å². The number of rotatable bonds is 3. The molecule has 1 aromatic carbocycles. The first-order valence-corrected chi connectivity index (χ1v) is 9.33. The lowest BCUT2D eigenvalue weighted by Crippen LogP contribution is -2.13. The number of aryl methyl sites for hydroxylation is 1. The van der Waals surface area contributed by atoms with Crippen molar-refractivity contribution < 1.29 is 21.6 Å². The number of pyridine rings is 1. The van der Waals surface area contributed by atoms with Crippen molar-refractivity contribution in [2.24, 2.45) is 7.05 Å². The fourth-order valence-electron chi connectivity index (χ4n) is 2.70. The van der Waals surface area contributed by atoms with E-state index in [4.69, 9.17) is 0 Å². The molecule has 0 unspecified atom stereocenters. The monoisotopic (exact) mass is 381 g/mol. The summed E-state index contributed by atoms with van der Waals surface area (Å²) in [5.74, 6) is 0. The van der Waals surface area contributed by atoms with Crippen molar-refractivity contribution in [1.82, 2.24) is 14.8 Å². The molecule has 0 atom stereocenters. The normalized spacial score (nSPS) is 12.3. The minimum Gasteiger partial charge on any atom is -0.265 e. The minimum absolute atomic E-state index is 0.0745. The zero-order valence-corrected chi connectivity index (χ0v) is 14.6. The van der Waals surface area contributed by atoms with Crippen LogP contribution in [0.3, 0.4) is 0 Å². The summed E-state index contributed by atoms with van der Waals surface area (Å²) < 4.78 is 64.7. The van der Waals surface area contributed by atoms with Crippen LogP contribution in [0.5, 0.6) is 0 Å². The van der Waals surface area contributed by atoms with Gasteiger partial charge in [0.15, 0.2) is 15.5 Å². The van der Waals surface area contributed by atoms with Crippen molar-refractivity contribution in [2.75, 3.05) is 6.26 Å². The number of aromatic nitrogens is 3. The number of sulfone groups is 1. The van der Waals surface area contributed by atoms with Gasteiger partial charge in [0, 0.05) is 36.8 Å². The second-order valence-electron chi connectivity index (χ2n) is 5.73. The Morgan fingerprint density at radius 1 is 0.962 bits per heavy atom. The van der Waals surface area contributed by atoms with Crippen LogP contribution in [0.25, 0.3) is 22.4 Å². The molecule has 0 saturated carbocycles. The fourth-order valence-corrected chi connectivity index (χ4v) is 3.33. The fraction of sp³-hybridized carbons (Fsp3) is 0.176. The first kappa shape index (κ1) is 18.1. The highest BCUT2D eigenvalue weighted by Crippen LogP contribution is 2.42. The predicted octanol–water partition coefficient (Wildman–Crippen LogP) is 3.57. The highest BCUT2D eigenvalue weighted by Gasteiger charge is 2.39. The van der Waals surface area contributed by atoms with Gasteiger partial charge in [-0.05, 0) is 29.8 Å². The van der Waals surface area contributed by atoms with Crippen LogP contribution in [0, 0.1) is 0 Å². The second kappa shape index (κ2) is 6.24. The van der Waals surface area contributed by atoms with Crippen molar-refractivity contribution in [1.29, 1.82) is 0 Å². The number of nitrogens with zero attached hydrogens (tertiary/aromatic N) is 3. The van der Waals surface area contributed by atoms with Crippen molar-refractivity contribution in [3.8, 4) is 22.4 Å². The van der Waals surface area contributed by atoms with E-state index >= 15 is 0 Å². The Hall–Kier alpha value is -2.68. The Labute approximate surface area is 148 Å². The molecule has 0 saturated heterocycles. The van der Waals surface area contributed by atoms with E-state index < -0.39 is 21.7 Å². The number of halogens is 3. The molecule has 3 rings (SSSR count). The van der Waals surface area contributed by atoms with Crippen LogP contribution in [-0.4, -0.2) is 29.4 Å². The van der Waals surface area contributed by atoms with Crippen molar-refractivity contribution in [3.05, 3.63) is 54.5 Å². The van der Waals surface area contributed by atoms with Gasteiger partial charge in [-0.3, -0.25) is 9.67 Å². The van der Waals surface area contributed by atoms with Gasteiger partial charge in [0.05, 0.1) is 4.90 Å². The second-order valence-corrected chi connectivity index (χ2v) is 7.74. The van der Waals surface area contributed by atoms with Crippen LogP contribution in [0.2, 0.25) is 0 Å². The topological polar surface area (TPSA) is 64.8 Å². The van der Waals surface area contributed by atoms with E-state index in [1.807, 2.05) is 0 Å². The molecule has 2 aromatic heterocycles. The largest absolute Gasteiger partial charge is 0.433 e. The van der Waals surface area contributed by atoms with E-state index in [2.05, 4.69) is 10.1 Å².